The van der Waals surface area contributed by atoms with Crippen LogP contribution in [0.2, 0.25) is 0 Å². The van der Waals surface area contributed by atoms with Gasteiger partial charge in [0.15, 0.2) is 5.76 Å². The number of nitrogens with one attached hydrogen (secondary N) is 1. The third kappa shape index (κ3) is 5.05. The van der Waals surface area contributed by atoms with Crippen molar-refractivity contribution in [2.24, 2.45) is 13.0 Å². The minimum Gasteiger partial charge on any atom is -0.455 e. The van der Waals surface area contributed by atoms with Crippen LogP contribution < -0.4 is 5.32 Å². The quantitative estimate of drug-likeness (QED) is 0.589. The zero-order valence-corrected chi connectivity index (χ0v) is 15.5. The smallest absolute Gasteiger partial charge is 0.287 e. The molecular formula is C16H24N6O2S. The highest BCUT2D eigenvalue weighted by Crippen LogP contribution is 2.19. The average molecular weight is 364 g/mol. The first-order valence-corrected chi connectivity index (χ1v) is 9.55. The molecule has 1 saturated heterocycles. The molecule has 136 valence electrons. The molecule has 1 aliphatic heterocycles. The van der Waals surface area contributed by atoms with E-state index in [1.54, 1.807) is 17.8 Å². The monoisotopic (exact) mass is 364 g/mol. The number of amides is 1. The number of piperidine rings is 1. The maximum absolute atomic E-state index is 12.1. The van der Waals surface area contributed by atoms with E-state index in [2.05, 4.69) is 32.7 Å². The van der Waals surface area contributed by atoms with E-state index in [-0.39, 0.29) is 5.91 Å². The molecule has 1 N–H and O–H groups in total. The third-order valence-corrected chi connectivity index (χ3v) is 5.35. The fourth-order valence-electron chi connectivity index (χ4n) is 2.76. The van der Waals surface area contributed by atoms with Gasteiger partial charge >= 0.3 is 0 Å². The number of hydrogen-bond acceptors (Lipinski definition) is 7. The van der Waals surface area contributed by atoms with E-state index in [1.165, 1.54) is 24.6 Å². The molecule has 1 aliphatic rings. The van der Waals surface area contributed by atoms with Gasteiger partial charge < -0.3 is 9.73 Å². The second-order valence-corrected chi connectivity index (χ2v) is 7.48. The van der Waals surface area contributed by atoms with Crippen LogP contribution in [0.1, 0.15) is 36.1 Å². The second-order valence-electron chi connectivity index (χ2n) is 6.41. The topological polar surface area (TPSA) is 89.1 Å². The molecule has 2 aromatic heterocycles. The number of tetrazole rings is 1. The molecule has 0 aliphatic carbocycles. The Morgan fingerprint density at radius 1 is 1.40 bits per heavy atom. The lowest BCUT2D eigenvalue weighted by Crippen LogP contribution is -2.32. The number of rotatable bonds is 7. The van der Waals surface area contributed by atoms with E-state index in [4.69, 9.17) is 4.42 Å². The maximum atomic E-state index is 12.1. The van der Waals surface area contributed by atoms with Crippen LogP contribution in [0, 0.1) is 5.92 Å². The Balaban J connectivity index is 1.40. The van der Waals surface area contributed by atoms with Gasteiger partial charge in [-0.3, -0.25) is 9.69 Å². The standard InChI is InChI=1S/C16H24N6O2S/c1-12-5-8-22(9-6-12)11-13-3-4-14(24-13)15(23)17-7-10-25-16-18-19-20-21(16)2/h3-4,12H,5-11H2,1-2H3,(H,17,23). The Morgan fingerprint density at radius 3 is 2.92 bits per heavy atom. The van der Waals surface area contributed by atoms with Crippen molar-refractivity contribution < 1.29 is 9.21 Å². The summed E-state index contributed by atoms with van der Waals surface area (Å²) in [5, 5.41) is 14.8. The third-order valence-electron chi connectivity index (χ3n) is 4.34. The Bertz CT molecular complexity index is 692. The second kappa shape index (κ2) is 8.48. The molecule has 8 nitrogen and oxygen atoms in total. The van der Waals surface area contributed by atoms with Crippen LogP contribution in [0.5, 0.6) is 0 Å². The largest absolute Gasteiger partial charge is 0.455 e. The zero-order chi connectivity index (χ0) is 17.6. The summed E-state index contributed by atoms with van der Waals surface area (Å²) in [6, 6.07) is 3.64. The van der Waals surface area contributed by atoms with Crippen molar-refractivity contribution >= 4 is 17.7 Å². The lowest BCUT2D eigenvalue weighted by atomic mass is 9.99. The Kier molecular flexibility index (Phi) is 6.09. The summed E-state index contributed by atoms with van der Waals surface area (Å²) in [4.78, 5) is 14.5. The van der Waals surface area contributed by atoms with E-state index in [1.807, 2.05) is 6.07 Å². The van der Waals surface area contributed by atoms with Crippen molar-refractivity contribution in [2.75, 3.05) is 25.4 Å². The number of thioether (sulfide) groups is 1. The summed E-state index contributed by atoms with van der Waals surface area (Å²) in [5.74, 6) is 2.53. The van der Waals surface area contributed by atoms with Crippen molar-refractivity contribution in [1.29, 1.82) is 0 Å². The number of likely N-dealkylation sites (tertiary alicyclic amines) is 1. The number of hydrogen-bond donors (Lipinski definition) is 1. The SMILES string of the molecule is CC1CCN(Cc2ccc(C(=O)NCCSc3nnnn3C)o2)CC1. The van der Waals surface area contributed by atoms with Gasteiger partial charge in [0.1, 0.15) is 5.76 Å². The van der Waals surface area contributed by atoms with Crippen molar-refractivity contribution in [3.05, 3.63) is 23.7 Å². The highest BCUT2D eigenvalue weighted by atomic mass is 32.2. The van der Waals surface area contributed by atoms with Gasteiger partial charge in [-0.15, -0.1) is 5.10 Å². The van der Waals surface area contributed by atoms with E-state index < -0.39 is 0 Å². The van der Waals surface area contributed by atoms with E-state index in [0.717, 1.165) is 36.5 Å². The number of aromatic nitrogens is 4. The molecule has 0 bridgehead atoms. The molecule has 0 atom stereocenters. The molecule has 9 heteroatoms. The molecule has 1 fully saturated rings. The average Bonchev–Trinajstić information content (AvgIpc) is 3.23. The van der Waals surface area contributed by atoms with Gasteiger partial charge in [-0.1, -0.05) is 18.7 Å². The summed E-state index contributed by atoms with van der Waals surface area (Å²) in [5.41, 5.74) is 0. The minimum atomic E-state index is -0.185. The van der Waals surface area contributed by atoms with E-state index >= 15 is 0 Å². The molecule has 0 unspecified atom stereocenters. The molecule has 0 saturated carbocycles. The van der Waals surface area contributed by atoms with Crippen molar-refractivity contribution in [2.45, 2.75) is 31.5 Å². The van der Waals surface area contributed by atoms with E-state index in [9.17, 15) is 4.79 Å². The number of carbonyl (C=O) groups excluding carboxylic acids is 1. The predicted octanol–water partition coefficient (Wildman–Crippen LogP) is 1.56. The summed E-state index contributed by atoms with van der Waals surface area (Å²) < 4.78 is 7.30. The highest BCUT2D eigenvalue weighted by molar-refractivity contribution is 7.99. The van der Waals surface area contributed by atoms with Gasteiger partial charge in [-0.25, -0.2) is 4.68 Å². The van der Waals surface area contributed by atoms with Crippen molar-refractivity contribution in [3.63, 3.8) is 0 Å². The van der Waals surface area contributed by atoms with Crippen LogP contribution in [0.15, 0.2) is 21.7 Å². The maximum Gasteiger partial charge on any atom is 0.287 e. The Labute approximate surface area is 151 Å². The van der Waals surface area contributed by atoms with Crippen LogP contribution in [-0.2, 0) is 13.6 Å². The molecule has 3 rings (SSSR count). The van der Waals surface area contributed by atoms with Gasteiger partial charge in [0, 0.05) is 19.3 Å². The number of furan rings is 1. The van der Waals surface area contributed by atoms with Crippen LogP contribution in [-0.4, -0.2) is 56.4 Å². The van der Waals surface area contributed by atoms with Gasteiger partial charge in [0.25, 0.3) is 5.91 Å². The first-order valence-electron chi connectivity index (χ1n) is 8.56. The number of nitrogens with zero attached hydrogens (tertiary/aromatic N) is 5. The fourth-order valence-corrected chi connectivity index (χ4v) is 3.47. The molecule has 2 aromatic rings. The van der Waals surface area contributed by atoms with Crippen LogP contribution in [0.25, 0.3) is 0 Å². The van der Waals surface area contributed by atoms with E-state index in [0.29, 0.717) is 18.1 Å². The molecular weight excluding hydrogens is 340 g/mol. The summed E-state index contributed by atoms with van der Waals surface area (Å²) in [6.45, 7) is 5.78. The zero-order valence-electron chi connectivity index (χ0n) is 14.6. The Morgan fingerprint density at radius 2 is 2.20 bits per heavy atom. The fraction of sp³-hybridized carbons (Fsp3) is 0.625. The molecule has 0 radical (unpaired) electrons. The van der Waals surface area contributed by atoms with Crippen LogP contribution in [0.4, 0.5) is 0 Å². The number of carbonyl (C=O) groups is 1. The lowest BCUT2D eigenvalue weighted by Gasteiger charge is -2.29. The highest BCUT2D eigenvalue weighted by Gasteiger charge is 2.18. The minimum absolute atomic E-state index is 0.185. The molecule has 25 heavy (non-hydrogen) atoms. The van der Waals surface area contributed by atoms with Crippen molar-refractivity contribution in [1.82, 2.24) is 30.4 Å². The molecule has 1 amide bonds. The predicted molar refractivity (Wildman–Crippen MR) is 94.2 cm³/mol. The summed E-state index contributed by atoms with van der Waals surface area (Å²) in [7, 11) is 1.79. The first kappa shape index (κ1) is 17.9. The summed E-state index contributed by atoms with van der Waals surface area (Å²) >= 11 is 1.49. The first-order chi connectivity index (χ1) is 12.1. The lowest BCUT2D eigenvalue weighted by molar-refractivity contribution is 0.0923. The Hall–Kier alpha value is -1.87. The van der Waals surface area contributed by atoms with Gasteiger partial charge in [0.05, 0.1) is 6.54 Å². The summed E-state index contributed by atoms with van der Waals surface area (Å²) in [6.07, 6.45) is 2.46. The van der Waals surface area contributed by atoms with Gasteiger partial charge in [0.2, 0.25) is 5.16 Å². The van der Waals surface area contributed by atoms with Crippen molar-refractivity contribution in [3.8, 4) is 0 Å². The van der Waals surface area contributed by atoms with Crippen LogP contribution in [0.3, 0.4) is 0 Å². The molecule has 0 aromatic carbocycles. The normalized spacial score (nSPS) is 16.2. The van der Waals surface area contributed by atoms with Gasteiger partial charge in [-0.2, -0.15) is 0 Å². The molecule has 3 heterocycles. The molecule has 0 spiro atoms. The number of aryl methyl sites for hydroxylation is 1. The van der Waals surface area contributed by atoms with Gasteiger partial charge in [-0.05, 0) is 54.4 Å². The van der Waals surface area contributed by atoms with Crippen LogP contribution >= 0.6 is 11.8 Å².